The first-order valence-corrected chi connectivity index (χ1v) is 8.21. The fraction of sp³-hybridized carbons (Fsp3) is 0.818. The third-order valence-corrected chi connectivity index (χ3v) is 4.51. The number of carboxylic acid groups (broad SMARTS) is 1. The number of nitrogens with one attached hydrogen (secondary N) is 1. The average Bonchev–Trinajstić information content (AvgIpc) is 2.34. The van der Waals surface area contributed by atoms with E-state index in [4.69, 9.17) is 5.11 Å². The highest BCUT2D eigenvalue weighted by Crippen LogP contribution is 2.08. The lowest BCUT2D eigenvalue weighted by Gasteiger charge is -2.34. The normalized spacial score (nSPS) is 18.9. The molecular formula is C11H21N3O5S. The molecule has 2 N–H and O–H groups in total. The number of urea groups is 1. The Balaban J connectivity index is 2.57. The topological polar surface area (TPSA) is 107 Å². The van der Waals surface area contributed by atoms with Gasteiger partial charge in [0.2, 0.25) is 10.0 Å². The van der Waals surface area contributed by atoms with Crippen LogP contribution in [0.15, 0.2) is 0 Å². The molecule has 0 bridgehead atoms. The Morgan fingerprint density at radius 1 is 1.15 bits per heavy atom. The maximum Gasteiger partial charge on any atom is 0.326 e. The summed E-state index contributed by atoms with van der Waals surface area (Å²) in [6.45, 7) is 4.38. The Labute approximate surface area is 118 Å². The Morgan fingerprint density at radius 3 is 2.00 bits per heavy atom. The molecule has 0 aliphatic carbocycles. The van der Waals surface area contributed by atoms with E-state index in [0.717, 1.165) is 6.26 Å². The van der Waals surface area contributed by atoms with Gasteiger partial charge in [-0.25, -0.2) is 18.0 Å². The van der Waals surface area contributed by atoms with Crippen molar-refractivity contribution in [1.82, 2.24) is 14.5 Å². The van der Waals surface area contributed by atoms with Gasteiger partial charge in [-0.15, -0.1) is 0 Å². The second-order valence-corrected chi connectivity index (χ2v) is 7.14. The Morgan fingerprint density at radius 2 is 1.65 bits per heavy atom. The van der Waals surface area contributed by atoms with Gasteiger partial charge in [-0.2, -0.15) is 4.31 Å². The summed E-state index contributed by atoms with van der Waals surface area (Å²) >= 11 is 0. The Hall–Kier alpha value is -1.35. The zero-order valence-corrected chi connectivity index (χ0v) is 12.7. The predicted octanol–water partition coefficient (Wildman–Crippen LogP) is -0.618. The van der Waals surface area contributed by atoms with E-state index in [1.807, 2.05) is 0 Å². The molecule has 1 rings (SSSR count). The van der Waals surface area contributed by atoms with Crippen molar-refractivity contribution >= 4 is 22.0 Å². The SMILES string of the molecule is CC(C)[C@@H](NC(=O)N1CCN(S(C)(=O)=O)CC1)C(=O)O. The van der Waals surface area contributed by atoms with E-state index < -0.39 is 28.1 Å². The fourth-order valence-corrected chi connectivity index (χ4v) is 2.79. The van der Waals surface area contributed by atoms with Crippen molar-refractivity contribution in [3.05, 3.63) is 0 Å². The second kappa shape index (κ2) is 6.40. The molecule has 0 unspecified atom stereocenters. The summed E-state index contributed by atoms with van der Waals surface area (Å²) in [5, 5.41) is 11.5. The van der Waals surface area contributed by atoms with Gasteiger partial charge < -0.3 is 15.3 Å². The molecule has 1 aliphatic rings. The van der Waals surface area contributed by atoms with Gasteiger partial charge in [0.1, 0.15) is 6.04 Å². The van der Waals surface area contributed by atoms with Crippen LogP contribution in [-0.4, -0.2) is 73.2 Å². The van der Waals surface area contributed by atoms with Crippen molar-refractivity contribution in [2.24, 2.45) is 5.92 Å². The van der Waals surface area contributed by atoms with Crippen LogP contribution < -0.4 is 5.32 Å². The van der Waals surface area contributed by atoms with Crippen molar-refractivity contribution in [3.8, 4) is 0 Å². The molecule has 2 amide bonds. The van der Waals surface area contributed by atoms with Crippen LogP contribution in [-0.2, 0) is 14.8 Å². The first kappa shape index (κ1) is 16.7. The largest absolute Gasteiger partial charge is 0.480 e. The summed E-state index contributed by atoms with van der Waals surface area (Å²) in [7, 11) is -3.24. The zero-order chi connectivity index (χ0) is 15.5. The standard InChI is InChI=1S/C11H21N3O5S/c1-8(2)9(10(15)16)12-11(17)13-4-6-14(7-5-13)20(3,18)19/h8-9H,4-7H2,1-3H3,(H,12,17)(H,15,16)/t9-/m1/s1. The minimum absolute atomic E-state index is 0.228. The lowest BCUT2D eigenvalue weighted by atomic mass is 10.1. The van der Waals surface area contributed by atoms with Crippen molar-refractivity contribution < 1.29 is 23.1 Å². The lowest BCUT2D eigenvalue weighted by molar-refractivity contribution is -0.140. The number of amides is 2. The molecule has 1 atom stereocenters. The van der Waals surface area contributed by atoms with Gasteiger partial charge >= 0.3 is 12.0 Å². The van der Waals surface area contributed by atoms with E-state index in [-0.39, 0.29) is 32.1 Å². The third kappa shape index (κ3) is 4.34. The maximum atomic E-state index is 12.0. The van der Waals surface area contributed by atoms with Crippen LogP contribution in [0.2, 0.25) is 0 Å². The number of carboxylic acids is 1. The summed E-state index contributed by atoms with van der Waals surface area (Å²) in [5.74, 6) is -1.31. The van der Waals surface area contributed by atoms with Gasteiger partial charge in [0.15, 0.2) is 0 Å². The molecule has 0 radical (unpaired) electrons. The minimum Gasteiger partial charge on any atom is -0.480 e. The van der Waals surface area contributed by atoms with Crippen LogP contribution in [0.25, 0.3) is 0 Å². The van der Waals surface area contributed by atoms with Crippen molar-refractivity contribution in [2.45, 2.75) is 19.9 Å². The fourth-order valence-electron chi connectivity index (χ4n) is 1.96. The number of hydrogen-bond acceptors (Lipinski definition) is 4. The Bertz CT molecular complexity index is 468. The Kier molecular flexibility index (Phi) is 5.35. The van der Waals surface area contributed by atoms with E-state index in [1.54, 1.807) is 13.8 Å². The highest BCUT2D eigenvalue weighted by atomic mass is 32.2. The summed E-state index contributed by atoms with van der Waals surface area (Å²) < 4.78 is 24.0. The number of hydrogen-bond donors (Lipinski definition) is 2. The average molecular weight is 307 g/mol. The second-order valence-electron chi connectivity index (χ2n) is 5.16. The number of carbonyl (C=O) groups excluding carboxylic acids is 1. The number of sulfonamides is 1. The molecule has 0 aromatic carbocycles. The summed E-state index contributed by atoms with van der Waals surface area (Å²) in [6.07, 6.45) is 1.13. The summed E-state index contributed by atoms with van der Waals surface area (Å²) in [4.78, 5) is 24.4. The van der Waals surface area contributed by atoms with E-state index in [9.17, 15) is 18.0 Å². The van der Waals surface area contributed by atoms with Gasteiger partial charge in [-0.1, -0.05) is 13.8 Å². The highest BCUT2D eigenvalue weighted by Gasteiger charge is 2.29. The van der Waals surface area contributed by atoms with Gasteiger partial charge in [0, 0.05) is 26.2 Å². The van der Waals surface area contributed by atoms with Crippen molar-refractivity contribution in [3.63, 3.8) is 0 Å². The smallest absolute Gasteiger partial charge is 0.326 e. The van der Waals surface area contributed by atoms with Crippen molar-refractivity contribution in [1.29, 1.82) is 0 Å². The molecular weight excluding hydrogens is 286 g/mol. The molecule has 1 heterocycles. The maximum absolute atomic E-state index is 12.0. The van der Waals surface area contributed by atoms with E-state index in [1.165, 1.54) is 9.21 Å². The van der Waals surface area contributed by atoms with Gasteiger partial charge in [-0.3, -0.25) is 0 Å². The molecule has 0 aromatic rings. The van der Waals surface area contributed by atoms with Gasteiger partial charge in [0.05, 0.1) is 6.26 Å². The molecule has 0 saturated carbocycles. The van der Waals surface area contributed by atoms with E-state index in [2.05, 4.69) is 5.32 Å². The molecule has 1 fully saturated rings. The molecule has 0 spiro atoms. The monoisotopic (exact) mass is 307 g/mol. The van der Waals surface area contributed by atoms with Gasteiger partial charge in [-0.05, 0) is 5.92 Å². The quantitative estimate of drug-likeness (QED) is 0.720. The predicted molar refractivity (Wildman–Crippen MR) is 72.8 cm³/mol. The van der Waals surface area contributed by atoms with Crippen LogP contribution in [0.5, 0.6) is 0 Å². The van der Waals surface area contributed by atoms with E-state index >= 15 is 0 Å². The van der Waals surface area contributed by atoms with Crippen LogP contribution in [0.4, 0.5) is 4.79 Å². The molecule has 0 aromatic heterocycles. The van der Waals surface area contributed by atoms with Crippen molar-refractivity contribution in [2.75, 3.05) is 32.4 Å². The summed E-state index contributed by atoms with van der Waals surface area (Å²) in [5.41, 5.74) is 0. The first-order chi connectivity index (χ1) is 9.12. The molecule has 9 heteroatoms. The first-order valence-electron chi connectivity index (χ1n) is 6.36. The number of piperazine rings is 1. The van der Waals surface area contributed by atoms with Crippen LogP contribution in [0.3, 0.4) is 0 Å². The van der Waals surface area contributed by atoms with Crippen LogP contribution in [0, 0.1) is 5.92 Å². The van der Waals surface area contributed by atoms with Gasteiger partial charge in [0.25, 0.3) is 0 Å². The molecule has 8 nitrogen and oxygen atoms in total. The number of rotatable bonds is 4. The molecule has 1 saturated heterocycles. The van der Waals surface area contributed by atoms with E-state index in [0.29, 0.717) is 0 Å². The zero-order valence-electron chi connectivity index (χ0n) is 11.9. The summed E-state index contributed by atoms with van der Waals surface area (Å²) in [6, 6.07) is -1.42. The molecule has 1 aliphatic heterocycles. The minimum atomic E-state index is -3.24. The molecule has 20 heavy (non-hydrogen) atoms. The number of aliphatic carboxylic acids is 1. The molecule has 116 valence electrons. The number of carbonyl (C=O) groups is 2. The van der Waals surface area contributed by atoms with Crippen LogP contribution in [0.1, 0.15) is 13.8 Å². The number of nitrogens with zero attached hydrogens (tertiary/aromatic N) is 2. The van der Waals surface area contributed by atoms with Crippen LogP contribution >= 0.6 is 0 Å². The highest BCUT2D eigenvalue weighted by molar-refractivity contribution is 7.88. The lowest BCUT2D eigenvalue weighted by Crippen LogP contribution is -2.56. The third-order valence-electron chi connectivity index (χ3n) is 3.21.